The number of nitrogens with two attached hydrogens (primary N) is 1. The van der Waals surface area contributed by atoms with Crippen LogP contribution in [-0.4, -0.2) is 29.7 Å². The molecule has 0 spiro atoms. The number of rotatable bonds is 6. The van der Waals surface area contributed by atoms with Crippen LogP contribution in [0.25, 0.3) is 0 Å². The lowest BCUT2D eigenvalue weighted by Crippen LogP contribution is -2.01. The monoisotopic (exact) mass is 213 g/mol. The van der Waals surface area contributed by atoms with Gasteiger partial charge >= 0.3 is 0 Å². The molecule has 0 fully saturated rings. The molecule has 0 aliphatic heterocycles. The molecule has 0 radical (unpaired) electrons. The lowest BCUT2D eigenvalue weighted by molar-refractivity contribution is 0.200. The van der Waals surface area contributed by atoms with Gasteiger partial charge in [-0.3, -0.25) is 0 Å². The Morgan fingerprint density at radius 3 is 3.14 bits per heavy atom. The first kappa shape index (κ1) is 11.4. The van der Waals surface area contributed by atoms with Gasteiger partial charge in [-0.05, 0) is 12.5 Å². The van der Waals surface area contributed by atoms with Crippen molar-refractivity contribution in [2.75, 3.05) is 19.5 Å². The molecule has 0 bridgehead atoms. The Hall–Kier alpha value is -0.650. The SMILES string of the molecule is COCCCSc1nnccc1CN. The Balaban J connectivity index is 2.41. The number of aromatic nitrogens is 2. The summed E-state index contributed by atoms with van der Waals surface area (Å²) in [5.74, 6) is 0.986. The van der Waals surface area contributed by atoms with Gasteiger partial charge in [-0.25, -0.2) is 0 Å². The van der Waals surface area contributed by atoms with E-state index in [2.05, 4.69) is 10.2 Å². The Bertz CT molecular complexity index is 270. The summed E-state index contributed by atoms with van der Waals surface area (Å²) < 4.78 is 4.96. The average Bonchev–Trinajstić information content (AvgIpc) is 2.25. The summed E-state index contributed by atoms with van der Waals surface area (Å²) in [4.78, 5) is 0. The third-order valence-corrected chi connectivity index (χ3v) is 2.83. The first-order valence-electron chi connectivity index (χ1n) is 4.51. The highest BCUT2D eigenvalue weighted by molar-refractivity contribution is 7.99. The minimum atomic E-state index is 0.516. The second-order valence-corrected chi connectivity index (χ2v) is 3.84. The summed E-state index contributed by atoms with van der Waals surface area (Å²) in [6.45, 7) is 1.30. The molecule has 0 unspecified atom stereocenters. The summed E-state index contributed by atoms with van der Waals surface area (Å²) in [6.07, 6.45) is 2.68. The summed E-state index contributed by atoms with van der Waals surface area (Å²) >= 11 is 1.68. The number of ether oxygens (including phenoxy) is 1. The maximum atomic E-state index is 5.58. The maximum absolute atomic E-state index is 5.58. The molecule has 0 aliphatic rings. The zero-order valence-corrected chi connectivity index (χ0v) is 9.09. The Labute approximate surface area is 88.2 Å². The van der Waals surface area contributed by atoms with Crippen molar-refractivity contribution in [3.63, 3.8) is 0 Å². The topological polar surface area (TPSA) is 61.0 Å². The average molecular weight is 213 g/mol. The highest BCUT2D eigenvalue weighted by atomic mass is 32.2. The minimum Gasteiger partial charge on any atom is -0.385 e. The van der Waals surface area contributed by atoms with E-state index in [1.165, 1.54) is 0 Å². The predicted molar refractivity (Wildman–Crippen MR) is 57.1 cm³/mol. The maximum Gasteiger partial charge on any atom is 0.123 e. The second kappa shape index (κ2) is 6.75. The molecule has 4 nitrogen and oxygen atoms in total. The van der Waals surface area contributed by atoms with E-state index >= 15 is 0 Å². The van der Waals surface area contributed by atoms with E-state index in [9.17, 15) is 0 Å². The van der Waals surface area contributed by atoms with Gasteiger partial charge in [0.05, 0.1) is 0 Å². The fourth-order valence-electron chi connectivity index (χ4n) is 0.994. The van der Waals surface area contributed by atoms with Crippen molar-refractivity contribution < 1.29 is 4.74 Å². The van der Waals surface area contributed by atoms with Crippen LogP contribution in [0.4, 0.5) is 0 Å². The van der Waals surface area contributed by atoms with Crippen molar-refractivity contribution in [3.8, 4) is 0 Å². The zero-order chi connectivity index (χ0) is 10.2. The largest absolute Gasteiger partial charge is 0.385 e. The van der Waals surface area contributed by atoms with Gasteiger partial charge in [0.25, 0.3) is 0 Å². The Morgan fingerprint density at radius 1 is 1.57 bits per heavy atom. The third-order valence-electron chi connectivity index (χ3n) is 1.72. The molecule has 0 atom stereocenters. The second-order valence-electron chi connectivity index (χ2n) is 2.76. The molecule has 0 amide bonds. The van der Waals surface area contributed by atoms with Crippen molar-refractivity contribution >= 4 is 11.8 Å². The van der Waals surface area contributed by atoms with Crippen molar-refractivity contribution in [1.29, 1.82) is 0 Å². The summed E-state index contributed by atoms with van der Waals surface area (Å²) in [5, 5.41) is 8.81. The van der Waals surface area contributed by atoms with Gasteiger partial charge in [0.2, 0.25) is 0 Å². The predicted octanol–water partition coefficient (Wildman–Crippen LogP) is 1.06. The van der Waals surface area contributed by atoms with Gasteiger partial charge in [-0.1, -0.05) is 0 Å². The Morgan fingerprint density at radius 2 is 2.43 bits per heavy atom. The van der Waals surface area contributed by atoms with Crippen LogP contribution < -0.4 is 5.73 Å². The van der Waals surface area contributed by atoms with Crippen LogP contribution in [0.15, 0.2) is 17.3 Å². The van der Waals surface area contributed by atoms with E-state index in [4.69, 9.17) is 10.5 Å². The highest BCUT2D eigenvalue weighted by Gasteiger charge is 2.02. The molecule has 0 saturated carbocycles. The van der Waals surface area contributed by atoms with E-state index in [1.807, 2.05) is 6.07 Å². The molecule has 1 rings (SSSR count). The quantitative estimate of drug-likeness (QED) is 0.565. The van der Waals surface area contributed by atoms with Crippen LogP contribution in [0.5, 0.6) is 0 Å². The normalized spacial score (nSPS) is 10.4. The van der Waals surface area contributed by atoms with E-state index in [-0.39, 0.29) is 0 Å². The standard InChI is InChI=1S/C9H15N3OS/c1-13-5-2-6-14-9-8(7-10)3-4-11-12-9/h3-4H,2,5-7,10H2,1H3. The van der Waals surface area contributed by atoms with E-state index < -0.39 is 0 Å². The first-order chi connectivity index (χ1) is 6.88. The molecule has 14 heavy (non-hydrogen) atoms. The number of hydrogen-bond acceptors (Lipinski definition) is 5. The summed E-state index contributed by atoms with van der Waals surface area (Å²) in [6, 6.07) is 1.91. The number of hydrogen-bond donors (Lipinski definition) is 1. The van der Waals surface area contributed by atoms with Crippen LogP contribution in [0, 0.1) is 0 Å². The smallest absolute Gasteiger partial charge is 0.123 e. The number of nitrogens with zero attached hydrogens (tertiary/aromatic N) is 2. The van der Waals surface area contributed by atoms with Crippen LogP contribution in [0.3, 0.4) is 0 Å². The summed E-state index contributed by atoms with van der Waals surface area (Å²) in [7, 11) is 1.71. The molecule has 0 aliphatic carbocycles. The van der Waals surface area contributed by atoms with Gasteiger partial charge in [-0.2, -0.15) is 5.10 Å². The fourth-order valence-corrected chi connectivity index (χ4v) is 1.89. The van der Waals surface area contributed by atoms with Crippen LogP contribution >= 0.6 is 11.8 Å². The molecule has 1 heterocycles. The van der Waals surface area contributed by atoms with Gasteiger partial charge in [0.15, 0.2) is 0 Å². The molecule has 1 aromatic rings. The number of methoxy groups -OCH3 is 1. The van der Waals surface area contributed by atoms with Crippen molar-refractivity contribution in [2.45, 2.75) is 18.0 Å². The fraction of sp³-hybridized carbons (Fsp3) is 0.556. The van der Waals surface area contributed by atoms with Crippen LogP contribution in [-0.2, 0) is 11.3 Å². The van der Waals surface area contributed by atoms with Crippen molar-refractivity contribution in [1.82, 2.24) is 10.2 Å². The number of thioether (sulfide) groups is 1. The van der Waals surface area contributed by atoms with Crippen LogP contribution in [0.1, 0.15) is 12.0 Å². The summed E-state index contributed by atoms with van der Waals surface area (Å²) in [5.41, 5.74) is 6.63. The molecule has 1 aromatic heterocycles. The molecule has 78 valence electrons. The van der Waals surface area contributed by atoms with E-state index in [0.29, 0.717) is 6.54 Å². The molecule has 2 N–H and O–H groups in total. The van der Waals surface area contributed by atoms with Crippen molar-refractivity contribution in [2.24, 2.45) is 5.73 Å². The molecule has 0 saturated heterocycles. The molecular weight excluding hydrogens is 198 g/mol. The van der Waals surface area contributed by atoms with Crippen LogP contribution in [0.2, 0.25) is 0 Å². The van der Waals surface area contributed by atoms with Gasteiger partial charge < -0.3 is 10.5 Å². The van der Waals surface area contributed by atoms with Crippen molar-refractivity contribution in [3.05, 3.63) is 17.8 Å². The van der Waals surface area contributed by atoms with E-state index in [0.717, 1.165) is 29.4 Å². The lowest BCUT2D eigenvalue weighted by Gasteiger charge is -2.04. The molecule has 0 aromatic carbocycles. The first-order valence-corrected chi connectivity index (χ1v) is 5.49. The minimum absolute atomic E-state index is 0.516. The zero-order valence-electron chi connectivity index (χ0n) is 8.27. The highest BCUT2D eigenvalue weighted by Crippen LogP contribution is 2.19. The van der Waals surface area contributed by atoms with E-state index in [1.54, 1.807) is 25.1 Å². The molecular formula is C9H15N3OS. The van der Waals surface area contributed by atoms with Gasteiger partial charge in [0.1, 0.15) is 5.03 Å². The van der Waals surface area contributed by atoms with Gasteiger partial charge in [0, 0.05) is 37.8 Å². The Kier molecular flexibility index (Phi) is 5.51. The van der Waals surface area contributed by atoms with Gasteiger partial charge in [-0.15, -0.1) is 16.9 Å². The third kappa shape index (κ3) is 3.61. The molecule has 5 heteroatoms. The lowest BCUT2D eigenvalue weighted by atomic mass is 10.3.